The standard InChI is InChI=1S/C9H12/c1-3-8-5-2-6-9(4-1)7-8/h8-9H,3-7H2. The minimum absolute atomic E-state index is 0.928. The third-order valence-corrected chi connectivity index (χ3v) is 2.40. The quantitative estimate of drug-likeness (QED) is 0.460. The van der Waals surface area contributed by atoms with Gasteiger partial charge >= 0.3 is 0 Å². The molecule has 0 atom stereocenters. The highest BCUT2D eigenvalue weighted by Crippen LogP contribution is 2.38. The van der Waals surface area contributed by atoms with E-state index in [1.54, 1.807) is 0 Å². The number of rotatable bonds is 0. The lowest BCUT2D eigenvalue weighted by Crippen LogP contribution is -2.20. The van der Waals surface area contributed by atoms with Crippen LogP contribution in [0.5, 0.6) is 0 Å². The van der Waals surface area contributed by atoms with Crippen LogP contribution in [0.15, 0.2) is 0 Å². The molecule has 2 saturated carbocycles. The summed E-state index contributed by atoms with van der Waals surface area (Å²) in [5, 5.41) is 0. The average Bonchev–Trinajstić information content (AvgIpc) is 1.88. The molecular formula is C9H12. The van der Waals surface area contributed by atoms with Gasteiger partial charge in [-0.2, -0.15) is 0 Å². The predicted octanol–water partition coefficient (Wildman–Crippen LogP) is 2.36. The zero-order chi connectivity index (χ0) is 6.10. The first-order chi connectivity index (χ1) is 4.45. The van der Waals surface area contributed by atoms with Crippen molar-refractivity contribution < 1.29 is 0 Å². The van der Waals surface area contributed by atoms with Gasteiger partial charge in [0, 0.05) is 0 Å². The van der Waals surface area contributed by atoms with Crippen molar-refractivity contribution in [3.63, 3.8) is 0 Å². The molecule has 0 aromatic rings. The third kappa shape index (κ3) is 1.12. The molecule has 2 aliphatic carbocycles. The monoisotopic (exact) mass is 120 g/mol. The van der Waals surface area contributed by atoms with Crippen molar-refractivity contribution in [2.45, 2.75) is 32.1 Å². The zero-order valence-corrected chi connectivity index (χ0v) is 5.69. The van der Waals surface area contributed by atoms with Crippen LogP contribution < -0.4 is 0 Å². The summed E-state index contributed by atoms with van der Waals surface area (Å²) in [5.41, 5.74) is 0. The van der Waals surface area contributed by atoms with Gasteiger partial charge < -0.3 is 0 Å². The van der Waals surface area contributed by atoms with Crippen molar-refractivity contribution in [3.8, 4) is 0 Å². The number of hydrogen-bond donors (Lipinski definition) is 0. The highest BCUT2D eigenvalue weighted by molar-refractivity contribution is 4.92. The van der Waals surface area contributed by atoms with Crippen molar-refractivity contribution in [2.24, 2.45) is 11.8 Å². The molecule has 0 nitrogen and oxygen atoms in total. The van der Waals surface area contributed by atoms with Gasteiger partial charge in [0.25, 0.3) is 0 Å². The van der Waals surface area contributed by atoms with E-state index in [9.17, 15) is 0 Å². The van der Waals surface area contributed by atoms with Crippen LogP contribution in [0.2, 0.25) is 0 Å². The second-order valence-electron chi connectivity index (χ2n) is 3.28. The van der Waals surface area contributed by atoms with Gasteiger partial charge in [-0.3, -0.25) is 0 Å². The summed E-state index contributed by atoms with van der Waals surface area (Å²) < 4.78 is 0. The van der Waals surface area contributed by atoms with Crippen molar-refractivity contribution >= 4 is 0 Å². The molecule has 4 radical (unpaired) electrons. The van der Waals surface area contributed by atoms with Crippen LogP contribution in [0.1, 0.15) is 32.1 Å². The maximum Gasteiger partial charge on any atom is -0.0168 e. The van der Waals surface area contributed by atoms with Crippen molar-refractivity contribution in [1.82, 2.24) is 0 Å². The molecule has 9 heavy (non-hydrogen) atoms. The molecule has 0 unspecified atom stereocenters. The maximum atomic E-state index is 3.45. The maximum absolute atomic E-state index is 3.45. The second-order valence-corrected chi connectivity index (χ2v) is 3.28. The van der Waals surface area contributed by atoms with Crippen LogP contribution in [0.4, 0.5) is 0 Å². The Labute approximate surface area is 57.6 Å². The van der Waals surface area contributed by atoms with Crippen LogP contribution in [0.25, 0.3) is 0 Å². The Kier molecular flexibility index (Phi) is 1.48. The minimum atomic E-state index is 0.928. The molecule has 0 aromatic carbocycles. The lowest BCUT2D eigenvalue weighted by Gasteiger charge is -2.33. The number of hydrogen-bond acceptors (Lipinski definition) is 0. The van der Waals surface area contributed by atoms with E-state index in [1.165, 1.54) is 32.1 Å². The molecule has 0 amide bonds. The summed E-state index contributed by atoms with van der Waals surface area (Å²) in [6.45, 7) is 0. The molecule has 0 heteroatoms. The summed E-state index contributed by atoms with van der Waals surface area (Å²) >= 11 is 0. The van der Waals surface area contributed by atoms with Gasteiger partial charge in [-0.15, -0.1) is 0 Å². The SMILES string of the molecule is [C]1CC2C[C]CC(C1)C2. The van der Waals surface area contributed by atoms with Crippen molar-refractivity contribution in [1.29, 1.82) is 0 Å². The molecule has 0 N–H and O–H groups in total. The number of fused-ring (bicyclic) bond motifs is 2. The van der Waals surface area contributed by atoms with Crippen LogP contribution in [-0.2, 0) is 0 Å². The van der Waals surface area contributed by atoms with Crippen LogP contribution in [0, 0.1) is 24.7 Å². The van der Waals surface area contributed by atoms with Gasteiger partial charge in [0.15, 0.2) is 0 Å². The van der Waals surface area contributed by atoms with E-state index in [2.05, 4.69) is 12.8 Å². The Balaban J connectivity index is 1.96. The van der Waals surface area contributed by atoms with Gasteiger partial charge in [0.2, 0.25) is 0 Å². The van der Waals surface area contributed by atoms with Crippen molar-refractivity contribution in [3.05, 3.63) is 12.8 Å². The Morgan fingerprint density at radius 1 is 0.778 bits per heavy atom. The van der Waals surface area contributed by atoms with Gasteiger partial charge in [-0.1, -0.05) is 0 Å². The highest BCUT2D eigenvalue weighted by atomic mass is 14.3. The summed E-state index contributed by atoms with van der Waals surface area (Å²) in [7, 11) is 0. The topological polar surface area (TPSA) is 0 Å². The first kappa shape index (κ1) is 5.76. The molecule has 2 bridgehead atoms. The Morgan fingerprint density at radius 2 is 1.22 bits per heavy atom. The lowest BCUT2D eigenvalue weighted by atomic mass is 9.72. The fraction of sp³-hybridized carbons (Fsp3) is 0.778. The first-order valence-electron chi connectivity index (χ1n) is 3.86. The molecule has 0 heterocycles. The Hall–Kier alpha value is 0. The fourth-order valence-corrected chi connectivity index (χ4v) is 1.93. The largest absolute Gasteiger partial charge is 0.0475 e. The normalized spacial score (nSPS) is 42.7. The first-order valence-corrected chi connectivity index (χ1v) is 3.86. The van der Waals surface area contributed by atoms with Crippen LogP contribution in [0.3, 0.4) is 0 Å². The van der Waals surface area contributed by atoms with E-state index >= 15 is 0 Å². The molecule has 0 spiro atoms. The average molecular weight is 120 g/mol. The molecule has 0 saturated heterocycles. The molecule has 0 aromatic heterocycles. The van der Waals surface area contributed by atoms with E-state index in [0.717, 1.165) is 11.8 Å². The minimum Gasteiger partial charge on any atom is -0.0475 e. The summed E-state index contributed by atoms with van der Waals surface area (Å²) in [6.07, 6.45) is 13.3. The zero-order valence-electron chi connectivity index (χ0n) is 5.69. The Morgan fingerprint density at radius 3 is 1.56 bits per heavy atom. The molecule has 0 aliphatic heterocycles. The van der Waals surface area contributed by atoms with Gasteiger partial charge in [-0.25, -0.2) is 0 Å². The molecule has 2 aliphatic rings. The summed E-state index contributed by atoms with van der Waals surface area (Å²) in [6, 6.07) is 0. The van der Waals surface area contributed by atoms with Gasteiger partial charge in [0.05, 0.1) is 0 Å². The fourth-order valence-electron chi connectivity index (χ4n) is 1.93. The molecule has 48 valence electrons. The van der Waals surface area contributed by atoms with Crippen LogP contribution in [-0.4, -0.2) is 0 Å². The van der Waals surface area contributed by atoms with E-state index in [4.69, 9.17) is 0 Å². The second kappa shape index (κ2) is 2.32. The van der Waals surface area contributed by atoms with E-state index in [-0.39, 0.29) is 0 Å². The lowest BCUT2D eigenvalue weighted by molar-refractivity contribution is 0.265. The molecular weight excluding hydrogens is 108 g/mol. The third-order valence-electron chi connectivity index (χ3n) is 2.40. The predicted molar refractivity (Wildman–Crippen MR) is 36.6 cm³/mol. The molecule has 2 fully saturated rings. The van der Waals surface area contributed by atoms with E-state index < -0.39 is 0 Å². The molecule has 2 rings (SSSR count). The highest BCUT2D eigenvalue weighted by Gasteiger charge is 2.25. The van der Waals surface area contributed by atoms with E-state index in [0.29, 0.717) is 0 Å². The summed E-state index contributed by atoms with van der Waals surface area (Å²) in [4.78, 5) is 0. The summed E-state index contributed by atoms with van der Waals surface area (Å²) in [5.74, 6) is 1.86. The van der Waals surface area contributed by atoms with Gasteiger partial charge in [0.1, 0.15) is 0 Å². The van der Waals surface area contributed by atoms with Crippen LogP contribution >= 0.6 is 0 Å². The smallest absolute Gasteiger partial charge is 0.0168 e. The van der Waals surface area contributed by atoms with Gasteiger partial charge in [-0.05, 0) is 56.8 Å². The van der Waals surface area contributed by atoms with Crippen molar-refractivity contribution in [2.75, 3.05) is 0 Å². The Bertz CT molecular complexity index is 76.2. The van der Waals surface area contributed by atoms with E-state index in [1.807, 2.05) is 0 Å².